The Morgan fingerprint density at radius 3 is 2.24 bits per heavy atom. The van der Waals surface area contributed by atoms with E-state index in [2.05, 4.69) is 5.32 Å². The van der Waals surface area contributed by atoms with Gasteiger partial charge < -0.3 is 10.2 Å². The van der Waals surface area contributed by atoms with Crippen molar-refractivity contribution in [3.8, 4) is 0 Å². The topological polar surface area (TPSA) is 86.8 Å². The Bertz CT molecular complexity index is 1160. The normalized spacial score (nSPS) is 12.2. The third-order valence-corrected chi connectivity index (χ3v) is 7.13. The largest absolute Gasteiger partial charge is 0.354 e. The van der Waals surface area contributed by atoms with Gasteiger partial charge in [-0.25, -0.2) is 8.42 Å². The number of nitrogens with one attached hydrogen (secondary N) is 1. The van der Waals surface area contributed by atoms with Crippen molar-refractivity contribution in [1.29, 1.82) is 0 Å². The lowest BCUT2D eigenvalue weighted by Gasteiger charge is -2.32. The van der Waals surface area contributed by atoms with Crippen LogP contribution in [0.5, 0.6) is 0 Å². The molecular formula is C23H28Cl3N3O4S. The standard InChI is InChI=1S/C23H28Cl3N3O4S/c1-5-10-27-23(31)16(3)28(13-17-6-7-19(25)12-20(17)26)22(30)14-29(34(4,32)33)21-9-8-18(24)11-15(21)2/h6-9,11-12,16H,5,10,13-14H2,1-4H3,(H,27,31)/t16-/m0/s1. The molecule has 2 aromatic carbocycles. The summed E-state index contributed by atoms with van der Waals surface area (Å²) in [6.07, 6.45) is 1.75. The maximum atomic E-state index is 13.5. The van der Waals surface area contributed by atoms with Crippen molar-refractivity contribution < 1.29 is 18.0 Å². The molecule has 1 atom stereocenters. The van der Waals surface area contributed by atoms with E-state index >= 15 is 0 Å². The number of carbonyl (C=O) groups is 2. The fraction of sp³-hybridized carbons (Fsp3) is 0.391. The smallest absolute Gasteiger partial charge is 0.244 e. The predicted octanol–water partition coefficient (Wildman–Crippen LogP) is 4.66. The molecule has 1 N–H and O–H groups in total. The van der Waals surface area contributed by atoms with E-state index in [9.17, 15) is 18.0 Å². The Morgan fingerprint density at radius 2 is 1.68 bits per heavy atom. The van der Waals surface area contributed by atoms with Gasteiger partial charge in [0.15, 0.2) is 0 Å². The molecule has 7 nitrogen and oxygen atoms in total. The Balaban J connectivity index is 2.44. The first-order valence-electron chi connectivity index (χ1n) is 10.6. The van der Waals surface area contributed by atoms with Crippen molar-refractivity contribution in [3.05, 3.63) is 62.6 Å². The minimum absolute atomic E-state index is 0.00719. The molecule has 11 heteroatoms. The van der Waals surface area contributed by atoms with Crippen LogP contribution in [0.4, 0.5) is 5.69 Å². The molecule has 0 radical (unpaired) electrons. The van der Waals surface area contributed by atoms with Gasteiger partial charge in [0.1, 0.15) is 12.6 Å². The summed E-state index contributed by atoms with van der Waals surface area (Å²) in [5.74, 6) is -0.918. The highest BCUT2D eigenvalue weighted by molar-refractivity contribution is 7.92. The van der Waals surface area contributed by atoms with Gasteiger partial charge in [0, 0.05) is 28.2 Å². The maximum absolute atomic E-state index is 13.5. The number of nitrogens with zero attached hydrogens (tertiary/aromatic N) is 2. The summed E-state index contributed by atoms with van der Waals surface area (Å²) in [6, 6.07) is 8.68. The minimum atomic E-state index is -3.83. The maximum Gasteiger partial charge on any atom is 0.244 e. The molecule has 34 heavy (non-hydrogen) atoms. The Hall–Kier alpha value is -2.00. The van der Waals surface area contributed by atoms with Gasteiger partial charge in [0.05, 0.1) is 11.9 Å². The van der Waals surface area contributed by atoms with E-state index in [-0.39, 0.29) is 12.5 Å². The molecule has 0 saturated carbocycles. The molecular weight excluding hydrogens is 521 g/mol. The van der Waals surface area contributed by atoms with E-state index < -0.39 is 28.5 Å². The second-order valence-electron chi connectivity index (χ2n) is 7.92. The van der Waals surface area contributed by atoms with Gasteiger partial charge >= 0.3 is 0 Å². The third kappa shape index (κ3) is 7.50. The van der Waals surface area contributed by atoms with Crippen LogP contribution < -0.4 is 9.62 Å². The fourth-order valence-corrected chi connectivity index (χ4v) is 4.91. The highest BCUT2D eigenvalue weighted by atomic mass is 35.5. The number of hydrogen-bond donors (Lipinski definition) is 1. The van der Waals surface area contributed by atoms with E-state index in [1.807, 2.05) is 6.92 Å². The zero-order valence-corrected chi connectivity index (χ0v) is 22.5. The van der Waals surface area contributed by atoms with Crippen molar-refractivity contribution in [2.24, 2.45) is 0 Å². The second-order valence-corrected chi connectivity index (χ2v) is 11.1. The average Bonchev–Trinajstić information content (AvgIpc) is 2.74. The Morgan fingerprint density at radius 1 is 1.06 bits per heavy atom. The lowest BCUT2D eigenvalue weighted by Crippen LogP contribution is -2.51. The highest BCUT2D eigenvalue weighted by Crippen LogP contribution is 2.27. The van der Waals surface area contributed by atoms with Crippen molar-refractivity contribution >= 4 is 62.3 Å². The zero-order valence-electron chi connectivity index (χ0n) is 19.4. The molecule has 0 saturated heterocycles. The number of amides is 2. The molecule has 2 rings (SSSR count). The molecule has 0 bridgehead atoms. The first-order chi connectivity index (χ1) is 15.8. The molecule has 0 aliphatic rings. The first kappa shape index (κ1) is 28.2. The van der Waals surface area contributed by atoms with Crippen LogP contribution in [-0.2, 0) is 26.2 Å². The predicted molar refractivity (Wildman–Crippen MR) is 138 cm³/mol. The van der Waals surface area contributed by atoms with Crippen LogP contribution in [0, 0.1) is 6.92 Å². The van der Waals surface area contributed by atoms with E-state index in [1.54, 1.807) is 50.2 Å². The minimum Gasteiger partial charge on any atom is -0.354 e. The van der Waals surface area contributed by atoms with Crippen LogP contribution in [-0.4, -0.2) is 50.5 Å². The molecule has 2 aromatic rings. The molecule has 0 spiro atoms. The molecule has 0 aromatic heterocycles. The van der Waals surface area contributed by atoms with Gasteiger partial charge in [-0.2, -0.15) is 0 Å². The van der Waals surface area contributed by atoms with Gasteiger partial charge in [0.2, 0.25) is 21.8 Å². The quantitative estimate of drug-likeness (QED) is 0.468. The Kier molecular flexibility index (Phi) is 10.1. The van der Waals surface area contributed by atoms with Crippen molar-refractivity contribution in [2.45, 2.75) is 39.8 Å². The SMILES string of the molecule is CCCNC(=O)[C@H](C)N(Cc1ccc(Cl)cc1Cl)C(=O)CN(c1ccc(Cl)cc1C)S(C)(=O)=O. The number of aryl methyl sites for hydroxylation is 1. The number of carbonyl (C=O) groups excluding carboxylic acids is 2. The summed E-state index contributed by atoms with van der Waals surface area (Å²) in [7, 11) is -3.83. The van der Waals surface area contributed by atoms with Crippen molar-refractivity contribution in [2.75, 3.05) is 23.7 Å². The van der Waals surface area contributed by atoms with Gasteiger partial charge in [-0.3, -0.25) is 13.9 Å². The van der Waals surface area contributed by atoms with Crippen LogP contribution in [0.2, 0.25) is 15.1 Å². The van der Waals surface area contributed by atoms with E-state index in [0.29, 0.717) is 38.4 Å². The van der Waals surface area contributed by atoms with Crippen LogP contribution in [0.25, 0.3) is 0 Å². The third-order valence-electron chi connectivity index (χ3n) is 5.18. The lowest BCUT2D eigenvalue weighted by molar-refractivity contribution is -0.139. The molecule has 2 amide bonds. The molecule has 0 unspecified atom stereocenters. The van der Waals surface area contributed by atoms with Crippen LogP contribution in [0.15, 0.2) is 36.4 Å². The lowest BCUT2D eigenvalue weighted by atomic mass is 10.1. The summed E-state index contributed by atoms with van der Waals surface area (Å²) in [5, 5.41) is 3.99. The number of benzene rings is 2. The van der Waals surface area contributed by atoms with Crippen molar-refractivity contribution in [1.82, 2.24) is 10.2 Å². The number of sulfonamides is 1. The average molecular weight is 549 g/mol. The second kappa shape index (κ2) is 12.1. The van der Waals surface area contributed by atoms with Crippen LogP contribution in [0.3, 0.4) is 0 Å². The number of halogens is 3. The van der Waals surface area contributed by atoms with E-state index in [4.69, 9.17) is 34.8 Å². The van der Waals surface area contributed by atoms with Gasteiger partial charge in [-0.1, -0.05) is 47.8 Å². The molecule has 186 valence electrons. The number of hydrogen-bond acceptors (Lipinski definition) is 4. The number of anilines is 1. The fourth-order valence-electron chi connectivity index (χ4n) is 3.31. The van der Waals surface area contributed by atoms with Crippen LogP contribution in [0.1, 0.15) is 31.4 Å². The zero-order chi connectivity index (χ0) is 25.6. The van der Waals surface area contributed by atoms with Gasteiger partial charge in [0.25, 0.3) is 0 Å². The highest BCUT2D eigenvalue weighted by Gasteiger charge is 2.30. The molecule has 0 heterocycles. The first-order valence-corrected chi connectivity index (χ1v) is 13.6. The molecule has 0 aliphatic carbocycles. The summed E-state index contributed by atoms with van der Waals surface area (Å²) in [4.78, 5) is 27.5. The molecule has 0 aliphatic heterocycles. The van der Waals surface area contributed by atoms with Gasteiger partial charge in [-0.05, 0) is 61.7 Å². The van der Waals surface area contributed by atoms with E-state index in [1.165, 1.54) is 4.90 Å². The molecule has 0 fully saturated rings. The summed E-state index contributed by atoms with van der Waals surface area (Å²) in [5.41, 5.74) is 1.49. The van der Waals surface area contributed by atoms with Gasteiger partial charge in [-0.15, -0.1) is 0 Å². The monoisotopic (exact) mass is 547 g/mol. The van der Waals surface area contributed by atoms with E-state index in [0.717, 1.165) is 17.0 Å². The van der Waals surface area contributed by atoms with Crippen molar-refractivity contribution in [3.63, 3.8) is 0 Å². The Labute approximate surface area is 216 Å². The van der Waals surface area contributed by atoms with Crippen LogP contribution >= 0.6 is 34.8 Å². The summed E-state index contributed by atoms with van der Waals surface area (Å²) >= 11 is 18.3. The number of rotatable bonds is 10. The summed E-state index contributed by atoms with van der Waals surface area (Å²) < 4.78 is 26.3. The summed E-state index contributed by atoms with van der Waals surface area (Å²) in [6.45, 7) is 5.15.